The van der Waals surface area contributed by atoms with Gasteiger partial charge in [-0.15, -0.1) is 0 Å². The number of benzene rings is 3. The fraction of sp³-hybridized carbons (Fsp3) is 0.333. The van der Waals surface area contributed by atoms with Crippen LogP contribution in [0.4, 0.5) is 5.69 Å². The van der Waals surface area contributed by atoms with Crippen molar-refractivity contribution >= 4 is 22.6 Å². The van der Waals surface area contributed by atoms with E-state index in [2.05, 4.69) is 67.8 Å². The Morgan fingerprint density at radius 2 is 1.72 bits per heavy atom. The van der Waals surface area contributed by atoms with Gasteiger partial charge in [-0.25, -0.2) is 4.98 Å². The van der Waals surface area contributed by atoms with E-state index in [4.69, 9.17) is 9.72 Å². The Morgan fingerprint density at radius 3 is 2.53 bits per heavy atom. The molecule has 5 rings (SSSR count). The van der Waals surface area contributed by atoms with Gasteiger partial charge in [-0.2, -0.15) is 0 Å². The summed E-state index contributed by atoms with van der Waals surface area (Å²) in [6, 6.07) is 22.7. The standard InChI is InChI=1S/C30H33N3O2.ClH/c1-21-14-15-26(23(3)18-21)33-20-24(19-29(33)34)30-31-25-11-5-6-12-27(25)32(30)16-8-9-17-35-28-13-7-4-10-22(28)2;/h4-7,10-15,18,24H,8-9,16-17,19-20H2,1-3H3;1H/p-1. The van der Waals surface area contributed by atoms with Crippen molar-refractivity contribution in [3.63, 3.8) is 0 Å². The molecule has 4 aromatic rings. The van der Waals surface area contributed by atoms with Crippen LogP contribution in [0.25, 0.3) is 11.0 Å². The van der Waals surface area contributed by atoms with Crippen molar-refractivity contribution in [1.82, 2.24) is 9.55 Å². The Bertz CT molecular complexity index is 1360. The summed E-state index contributed by atoms with van der Waals surface area (Å²) >= 11 is 0. The molecule has 36 heavy (non-hydrogen) atoms. The summed E-state index contributed by atoms with van der Waals surface area (Å²) in [6.07, 6.45) is 2.44. The van der Waals surface area contributed by atoms with E-state index < -0.39 is 0 Å². The highest BCUT2D eigenvalue weighted by Crippen LogP contribution is 2.35. The molecule has 0 aliphatic carbocycles. The molecule has 1 fully saturated rings. The van der Waals surface area contributed by atoms with Crippen LogP contribution in [-0.2, 0) is 11.3 Å². The van der Waals surface area contributed by atoms with Gasteiger partial charge < -0.3 is 26.6 Å². The van der Waals surface area contributed by atoms with E-state index in [1.807, 2.05) is 29.2 Å². The zero-order chi connectivity index (χ0) is 24.4. The number of aryl methyl sites for hydroxylation is 4. The molecular weight excluding hydrogens is 470 g/mol. The van der Waals surface area contributed by atoms with Gasteiger partial charge in [0, 0.05) is 31.1 Å². The average molecular weight is 503 g/mol. The maximum Gasteiger partial charge on any atom is 0.227 e. The van der Waals surface area contributed by atoms with Crippen LogP contribution < -0.4 is 22.0 Å². The first-order valence-electron chi connectivity index (χ1n) is 12.5. The number of para-hydroxylation sites is 3. The van der Waals surface area contributed by atoms with Crippen LogP contribution in [-0.4, -0.2) is 28.6 Å². The maximum absolute atomic E-state index is 13.1. The van der Waals surface area contributed by atoms with Crippen LogP contribution >= 0.6 is 0 Å². The molecule has 1 saturated heterocycles. The van der Waals surface area contributed by atoms with Crippen molar-refractivity contribution in [1.29, 1.82) is 0 Å². The number of rotatable bonds is 8. The molecule has 1 unspecified atom stereocenters. The first-order chi connectivity index (χ1) is 17.0. The van der Waals surface area contributed by atoms with Gasteiger partial charge in [-0.3, -0.25) is 4.79 Å². The molecule has 0 N–H and O–H groups in total. The SMILES string of the molecule is Cc1ccc(N2CC(c3nc4ccccc4n3CCCCOc3ccccc3C)CC2=O)c(C)c1.[Cl-]. The van der Waals surface area contributed by atoms with Crippen molar-refractivity contribution in [2.45, 2.75) is 52.5 Å². The molecule has 2 heterocycles. The Balaban J connectivity index is 0.00000304. The number of nitrogens with zero attached hydrogens (tertiary/aromatic N) is 3. The summed E-state index contributed by atoms with van der Waals surface area (Å²) < 4.78 is 8.32. The molecule has 5 nitrogen and oxygen atoms in total. The number of hydrogen-bond donors (Lipinski definition) is 0. The second-order valence-electron chi connectivity index (χ2n) is 9.63. The lowest BCUT2D eigenvalue weighted by atomic mass is 10.1. The lowest BCUT2D eigenvalue weighted by molar-refractivity contribution is -0.117. The molecule has 6 heteroatoms. The molecule has 0 saturated carbocycles. The van der Waals surface area contributed by atoms with Crippen molar-refractivity contribution in [2.75, 3.05) is 18.1 Å². The molecule has 1 aliphatic heterocycles. The van der Waals surface area contributed by atoms with Gasteiger partial charge >= 0.3 is 0 Å². The lowest BCUT2D eigenvalue weighted by Gasteiger charge is -2.20. The number of carbonyl (C=O) groups is 1. The summed E-state index contributed by atoms with van der Waals surface area (Å²) in [5, 5.41) is 0. The number of anilines is 1. The van der Waals surface area contributed by atoms with Crippen LogP contribution in [0.15, 0.2) is 66.7 Å². The van der Waals surface area contributed by atoms with Crippen molar-refractivity contribution in [2.24, 2.45) is 0 Å². The molecule has 3 aromatic carbocycles. The topological polar surface area (TPSA) is 47.4 Å². The summed E-state index contributed by atoms with van der Waals surface area (Å²) in [5.41, 5.74) is 6.66. The number of hydrogen-bond acceptors (Lipinski definition) is 3. The highest BCUT2D eigenvalue weighted by atomic mass is 35.5. The highest BCUT2D eigenvalue weighted by molar-refractivity contribution is 5.97. The van der Waals surface area contributed by atoms with Crippen molar-refractivity contribution < 1.29 is 21.9 Å². The number of amides is 1. The second-order valence-corrected chi connectivity index (χ2v) is 9.63. The van der Waals surface area contributed by atoms with Crippen LogP contribution in [0.2, 0.25) is 0 Å². The summed E-state index contributed by atoms with van der Waals surface area (Å²) in [7, 11) is 0. The van der Waals surface area contributed by atoms with Crippen LogP contribution in [0, 0.1) is 20.8 Å². The summed E-state index contributed by atoms with van der Waals surface area (Å²) in [5.74, 6) is 2.23. The maximum atomic E-state index is 13.1. The quantitative estimate of drug-likeness (QED) is 0.347. The predicted molar refractivity (Wildman–Crippen MR) is 141 cm³/mol. The largest absolute Gasteiger partial charge is 1.00 e. The highest BCUT2D eigenvalue weighted by Gasteiger charge is 2.35. The van der Waals surface area contributed by atoms with Crippen LogP contribution in [0.1, 0.15) is 47.7 Å². The Kier molecular flexibility index (Phi) is 8.00. The fourth-order valence-corrected chi connectivity index (χ4v) is 5.13. The number of halogens is 1. The van der Waals surface area contributed by atoms with E-state index in [1.165, 1.54) is 5.56 Å². The van der Waals surface area contributed by atoms with E-state index in [0.29, 0.717) is 19.6 Å². The Labute approximate surface area is 219 Å². The van der Waals surface area contributed by atoms with Gasteiger partial charge in [0.25, 0.3) is 0 Å². The van der Waals surface area contributed by atoms with Crippen LogP contribution in [0.3, 0.4) is 0 Å². The van der Waals surface area contributed by atoms with E-state index in [9.17, 15) is 4.79 Å². The molecule has 0 bridgehead atoms. The average Bonchev–Trinajstić information content (AvgIpc) is 3.40. The minimum atomic E-state index is 0. The van der Waals surface area contributed by atoms with Crippen molar-refractivity contribution in [3.8, 4) is 5.75 Å². The second kappa shape index (κ2) is 11.2. The molecule has 1 aromatic heterocycles. The number of unbranched alkanes of at least 4 members (excludes halogenated alkanes) is 1. The predicted octanol–water partition coefficient (Wildman–Crippen LogP) is 3.35. The number of ether oxygens (including phenoxy) is 1. The van der Waals surface area contributed by atoms with E-state index in [1.54, 1.807) is 0 Å². The molecule has 1 aliphatic rings. The van der Waals surface area contributed by atoms with Crippen molar-refractivity contribution in [3.05, 3.63) is 89.2 Å². The molecule has 1 amide bonds. The monoisotopic (exact) mass is 502 g/mol. The van der Waals surface area contributed by atoms with E-state index >= 15 is 0 Å². The molecule has 188 valence electrons. The van der Waals surface area contributed by atoms with Gasteiger partial charge in [0.05, 0.1) is 17.6 Å². The third-order valence-electron chi connectivity index (χ3n) is 6.94. The van der Waals surface area contributed by atoms with E-state index in [-0.39, 0.29) is 24.2 Å². The van der Waals surface area contributed by atoms with Gasteiger partial charge in [-0.1, -0.05) is 48.0 Å². The Hall–Kier alpha value is -3.31. The third kappa shape index (κ3) is 5.26. The van der Waals surface area contributed by atoms with Crippen LogP contribution in [0.5, 0.6) is 5.75 Å². The summed E-state index contributed by atoms with van der Waals surface area (Å²) in [4.78, 5) is 20.0. The van der Waals surface area contributed by atoms with Gasteiger partial charge in [-0.05, 0) is 69.0 Å². The molecule has 0 spiro atoms. The van der Waals surface area contributed by atoms with Gasteiger partial charge in [0.1, 0.15) is 11.6 Å². The molecule has 1 atom stereocenters. The van der Waals surface area contributed by atoms with E-state index in [0.717, 1.165) is 58.8 Å². The number of aromatic nitrogens is 2. The Morgan fingerprint density at radius 1 is 0.944 bits per heavy atom. The zero-order valence-electron chi connectivity index (χ0n) is 21.2. The first kappa shape index (κ1) is 25.8. The summed E-state index contributed by atoms with van der Waals surface area (Å²) in [6.45, 7) is 8.46. The molecular formula is C30H33ClN3O2-. The number of imidazole rings is 1. The molecule has 0 radical (unpaired) electrons. The van der Waals surface area contributed by atoms with Gasteiger partial charge in [0.15, 0.2) is 0 Å². The minimum absolute atomic E-state index is 0. The lowest BCUT2D eigenvalue weighted by Crippen LogP contribution is -3.00. The smallest absolute Gasteiger partial charge is 0.227 e. The zero-order valence-corrected chi connectivity index (χ0v) is 22.0. The number of fused-ring (bicyclic) bond motifs is 1. The first-order valence-corrected chi connectivity index (χ1v) is 12.5. The number of carbonyl (C=O) groups excluding carboxylic acids is 1. The minimum Gasteiger partial charge on any atom is -1.00 e. The van der Waals surface area contributed by atoms with Gasteiger partial charge in [0.2, 0.25) is 5.91 Å². The fourth-order valence-electron chi connectivity index (χ4n) is 5.13. The normalized spacial score (nSPS) is 15.4. The third-order valence-corrected chi connectivity index (χ3v) is 6.94.